The maximum Gasteiger partial charge on any atom is 0.255 e. The molecule has 0 radical (unpaired) electrons. The summed E-state index contributed by atoms with van der Waals surface area (Å²) in [4.78, 5) is 12.7. The summed E-state index contributed by atoms with van der Waals surface area (Å²) in [6.45, 7) is 10.6. The number of carbonyl (C=O) groups is 1. The van der Waals surface area contributed by atoms with Crippen LogP contribution in [-0.4, -0.2) is 38.3 Å². The maximum absolute atomic E-state index is 13.0. The SMILES string of the molecule is CCOc1ccc(NC(=O)c2ccc(C(C)C)cc2)cc1S(=O)(=O)N(CC)CC. The standard InChI is InChI=1S/C22H30N2O4S/c1-6-24(7-2)29(26,27)21-15-19(13-14-20(21)28-8-3)23-22(25)18-11-9-17(10-12-18)16(4)5/h9-16H,6-8H2,1-5H3,(H,23,25). The van der Waals surface area contributed by atoms with Gasteiger partial charge in [0.25, 0.3) is 5.91 Å². The van der Waals surface area contributed by atoms with Crippen molar-refractivity contribution in [3.05, 3.63) is 53.6 Å². The van der Waals surface area contributed by atoms with Crippen molar-refractivity contribution in [1.82, 2.24) is 4.31 Å². The van der Waals surface area contributed by atoms with E-state index >= 15 is 0 Å². The molecule has 7 heteroatoms. The molecule has 0 aliphatic carbocycles. The average Bonchev–Trinajstić information content (AvgIpc) is 2.70. The van der Waals surface area contributed by atoms with Crippen LogP contribution in [0.15, 0.2) is 47.4 Å². The molecule has 2 aromatic carbocycles. The minimum atomic E-state index is -3.74. The maximum atomic E-state index is 13.0. The second-order valence-electron chi connectivity index (χ2n) is 6.91. The van der Waals surface area contributed by atoms with E-state index in [2.05, 4.69) is 19.2 Å². The van der Waals surface area contributed by atoms with Crippen molar-refractivity contribution in [2.75, 3.05) is 25.0 Å². The van der Waals surface area contributed by atoms with Crippen molar-refractivity contribution in [2.24, 2.45) is 0 Å². The first-order chi connectivity index (χ1) is 13.7. The Morgan fingerprint density at radius 3 is 2.17 bits per heavy atom. The summed E-state index contributed by atoms with van der Waals surface area (Å²) in [6.07, 6.45) is 0. The molecule has 2 rings (SSSR count). The molecule has 1 N–H and O–H groups in total. The summed E-state index contributed by atoms with van der Waals surface area (Å²) in [5.74, 6) is 0.361. The van der Waals surface area contributed by atoms with E-state index in [0.29, 0.717) is 36.9 Å². The minimum Gasteiger partial charge on any atom is -0.492 e. The fourth-order valence-corrected chi connectivity index (χ4v) is 4.60. The summed E-state index contributed by atoms with van der Waals surface area (Å²) in [5, 5.41) is 2.79. The van der Waals surface area contributed by atoms with Crippen molar-refractivity contribution in [3.63, 3.8) is 0 Å². The Labute approximate surface area is 173 Å². The van der Waals surface area contributed by atoms with E-state index in [9.17, 15) is 13.2 Å². The highest BCUT2D eigenvalue weighted by Crippen LogP contribution is 2.30. The van der Waals surface area contributed by atoms with E-state index in [-0.39, 0.29) is 16.6 Å². The van der Waals surface area contributed by atoms with Gasteiger partial charge in [0, 0.05) is 24.3 Å². The molecule has 0 aliphatic rings. The van der Waals surface area contributed by atoms with E-state index in [1.807, 2.05) is 12.1 Å². The number of carbonyl (C=O) groups excluding carboxylic acids is 1. The second kappa shape index (κ2) is 9.89. The van der Waals surface area contributed by atoms with Crippen molar-refractivity contribution < 1.29 is 17.9 Å². The van der Waals surface area contributed by atoms with Gasteiger partial charge in [-0.15, -0.1) is 0 Å². The summed E-state index contributed by atoms with van der Waals surface area (Å²) in [5.41, 5.74) is 2.06. The van der Waals surface area contributed by atoms with Crippen molar-refractivity contribution in [2.45, 2.75) is 45.4 Å². The quantitative estimate of drug-likeness (QED) is 0.651. The van der Waals surface area contributed by atoms with Crippen molar-refractivity contribution in [3.8, 4) is 5.75 Å². The Balaban J connectivity index is 2.35. The van der Waals surface area contributed by atoms with Gasteiger partial charge in [-0.25, -0.2) is 8.42 Å². The number of hydrogen-bond donors (Lipinski definition) is 1. The summed E-state index contributed by atoms with van der Waals surface area (Å²) in [6, 6.07) is 12.1. The summed E-state index contributed by atoms with van der Waals surface area (Å²) >= 11 is 0. The highest BCUT2D eigenvalue weighted by atomic mass is 32.2. The fraction of sp³-hybridized carbons (Fsp3) is 0.409. The zero-order chi connectivity index (χ0) is 21.6. The first-order valence-electron chi connectivity index (χ1n) is 9.92. The molecule has 0 aromatic heterocycles. The van der Waals surface area contributed by atoms with Crippen LogP contribution in [0.25, 0.3) is 0 Å². The molecule has 0 unspecified atom stereocenters. The molecular weight excluding hydrogens is 388 g/mol. The van der Waals surface area contributed by atoms with Crippen LogP contribution in [-0.2, 0) is 10.0 Å². The number of benzene rings is 2. The largest absolute Gasteiger partial charge is 0.492 e. The van der Waals surface area contributed by atoms with E-state index in [0.717, 1.165) is 5.56 Å². The molecule has 29 heavy (non-hydrogen) atoms. The Kier molecular flexibility index (Phi) is 7.81. The number of ether oxygens (including phenoxy) is 1. The minimum absolute atomic E-state index is 0.0519. The van der Waals surface area contributed by atoms with Gasteiger partial charge in [0.2, 0.25) is 10.0 Å². The lowest BCUT2D eigenvalue weighted by molar-refractivity contribution is 0.102. The number of anilines is 1. The molecule has 0 heterocycles. The van der Waals surface area contributed by atoms with E-state index < -0.39 is 10.0 Å². The van der Waals surface area contributed by atoms with Crippen LogP contribution in [0.1, 0.15) is 56.5 Å². The van der Waals surface area contributed by atoms with Gasteiger partial charge in [0.15, 0.2) is 0 Å². The Bertz CT molecular complexity index is 934. The predicted octanol–water partition coefficient (Wildman–Crippen LogP) is 4.49. The topological polar surface area (TPSA) is 75.7 Å². The lowest BCUT2D eigenvalue weighted by Crippen LogP contribution is -2.31. The monoisotopic (exact) mass is 418 g/mol. The highest BCUT2D eigenvalue weighted by Gasteiger charge is 2.26. The van der Waals surface area contributed by atoms with Crippen LogP contribution in [0.2, 0.25) is 0 Å². The normalized spacial score (nSPS) is 11.7. The molecule has 0 atom stereocenters. The number of sulfonamides is 1. The fourth-order valence-electron chi connectivity index (χ4n) is 2.99. The summed E-state index contributed by atoms with van der Waals surface area (Å²) < 4.78 is 33.0. The van der Waals surface area contributed by atoms with Crippen LogP contribution in [0.5, 0.6) is 5.75 Å². The number of rotatable bonds is 9. The number of nitrogens with zero attached hydrogens (tertiary/aromatic N) is 1. The number of nitrogens with one attached hydrogen (secondary N) is 1. The van der Waals surface area contributed by atoms with Crippen LogP contribution in [0.4, 0.5) is 5.69 Å². The Hall–Kier alpha value is -2.38. The van der Waals surface area contributed by atoms with Gasteiger partial charge in [-0.3, -0.25) is 4.79 Å². The molecule has 0 aliphatic heterocycles. The van der Waals surface area contributed by atoms with Gasteiger partial charge >= 0.3 is 0 Å². The second-order valence-corrected chi connectivity index (χ2v) is 8.82. The van der Waals surface area contributed by atoms with Crippen LogP contribution in [0, 0.1) is 0 Å². The first-order valence-corrected chi connectivity index (χ1v) is 11.4. The Morgan fingerprint density at radius 1 is 1.03 bits per heavy atom. The third kappa shape index (κ3) is 5.36. The summed E-state index contributed by atoms with van der Waals surface area (Å²) in [7, 11) is -3.74. The molecule has 0 saturated carbocycles. The third-order valence-corrected chi connectivity index (χ3v) is 6.74. The van der Waals surface area contributed by atoms with Gasteiger partial charge < -0.3 is 10.1 Å². The zero-order valence-electron chi connectivity index (χ0n) is 17.7. The zero-order valence-corrected chi connectivity index (χ0v) is 18.5. The van der Waals surface area contributed by atoms with Crippen LogP contribution < -0.4 is 10.1 Å². The third-order valence-electron chi connectivity index (χ3n) is 4.66. The van der Waals surface area contributed by atoms with E-state index in [1.165, 1.54) is 10.4 Å². The lowest BCUT2D eigenvalue weighted by atomic mass is 10.0. The molecule has 0 fully saturated rings. The molecule has 0 bridgehead atoms. The number of amides is 1. The first kappa shape index (κ1) is 22.9. The van der Waals surface area contributed by atoms with Gasteiger partial charge in [0.05, 0.1) is 6.61 Å². The molecule has 1 amide bonds. The van der Waals surface area contributed by atoms with Crippen LogP contribution >= 0.6 is 0 Å². The van der Waals surface area contributed by atoms with Gasteiger partial charge in [-0.2, -0.15) is 4.31 Å². The highest BCUT2D eigenvalue weighted by molar-refractivity contribution is 7.89. The van der Waals surface area contributed by atoms with E-state index in [4.69, 9.17) is 4.74 Å². The van der Waals surface area contributed by atoms with Gasteiger partial charge in [-0.05, 0) is 48.7 Å². The van der Waals surface area contributed by atoms with Crippen molar-refractivity contribution in [1.29, 1.82) is 0 Å². The molecule has 6 nitrogen and oxygen atoms in total. The molecule has 0 saturated heterocycles. The molecule has 0 spiro atoms. The number of hydrogen-bond acceptors (Lipinski definition) is 4. The smallest absolute Gasteiger partial charge is 0.255 e. The molecule has 2 aromatic rings. The van der Waals surface area contributed by atoms with Crippen molar-refractivity contribution >= 4 is 21.6 Å². The predicted molar refractivity (Wildman–Crippen MR) is 116 cm³/mol. The lowest BCUT2D eigenvalue weighted by Gasteiger charge is -2.21. The Morgan fingerprint density at radius 2 is 1.66 bits per heavy atom. The van der Waals surface area contributed by atoms with E-state index in [1.54, 1.807) is 45.0 Å². The van der Waals surface area contributed by atoms with Crippen LogP contribution in [0.3, 0.4) is 0 Å². The van der Waals surface area contributed by atoms with Gasteiger partial charge in [0.1, 0.15) is 10.6 Å². The molecular formula is C22H30N2O4S. The average molecular weight is 419 g/mol. The van der Waals surface area contributed by atoms with Gasteiger partial charge in [-0.1, -0.05) is 39.8 Å². The molecule has 158 valence electrons.